The monoisotopic (exact) mass is 252 g/mol. The smallest absolute Gasteiger partial charge is 0.268 e. The molecule has 100 valence electrons. The Balaban J connectivity index is 2.11. The summed E-state index contributed by atoms with van der Waals surface area (Å²) in [6.45, 7) is 5.70. The summed E-state index contributed by atoms with van der Waals surface area (Å²) in [5.41, 5.74) is 0.710. The summed E-state index contributed by atoms with van der Waals surface area (Å²) in [4.78, 5) is 16.3. The minimum absolute atomic E-state index is 0.160. The van der Waals surface area contributed by atoms with Crippen molar-refractivity contribution >= 4 is 5.69 Å². The van der Waals surface area contributed by atoms with Gasteiger partial charge < -0.3 is 14.9 Å². The number of aliphatic hydroxyl groups is 1. The van der Waals surface area contributed by atoms with Crippen LogP contribution in [0.1, 0.15) is 6.92 Å². The highest BCUT2D eigenvalue weighted by atomic mass is 16.3. The van der Waals surface area contributed by atoms with E-state index in [1.54, 1.807) is 19.2 Å². The molecule has 2 heterocycles. The quantitative estimate of drug-likeness (QED) is 0.776. The highest BCUT2D eigenvalue weighted by Crippen LogP contribution is 2.11. The lowest BCUT2D eigenvalue weighted by Gasteiger charge is -2.33. The van der Waals surface area contributed by atoms with Crippen molar-refractivity contribution in [3.05, 3.63) is 22.6 Å². The molecule has 0 aromatic carbocycles. The average Bonchev–Trinajstić information content (AvgIpc) is 2.32. The van der Waals surface area contributed by atoms with Crippen LogP contribution >= 0.6 is 0 Å². The first kappa shape index (κ1) is 13.0. The molecule has 0 unspecified atom stereocenters. The van der Waals surface area contributed by atoms with Crippen LogP contribution in [0.15, 0.2) is 17.1 Å². The third kappa shape index (κ3) is 3.08. The molecule has 1 aromatic heterocycles. The van der Waals surface area contributed by atoms with E-state index in [9.17, 15) is 9.90 Å². The van der Waals surface area contributed by atoms with Crippen molar-refractivity contribution in [1.29, 1.82) is 0 Å². The van der Waals surface area contributed by atoms with Gasteiger partial charge in [0, 0.05) is 32.2 Å². The van der Waals surface area contributed by atoms with Crippen molar-refractivity contribution < 1.29 is 5.11 Å². The van der Waals surface area contributed by atoms with E-state index in [4.69, 9.17) is 0 Å². The maximum atomic E-state index is 11.8. The van der Waals surface area contributed by atoms with E-state index in [-0.39, 0.29) is 12.1 Å². The number of anilines is 1. The minimum atomic E-state index is -0.565. The zero-order chi connectivity index (χ0) is 13.1. The van der Waals surface area contributed by atoms with Gasteiger partial charge in [-0.05, 0) is 14.0 Å². The molecule has 0 amide bonds. The van der Waals surface area contributed by atoms with Crippen LogP contribution in [0, 0.1) is 0 Å². The van der Waals surface area contributed by atoms with E-state index in [0.29, 0.717) is 0 Å². The molecule has 1 atom stereocenters. The lowest BCUT2D eigenvalue weighted by atomic mass is 10.3. The molecule has 1 aliphatic heterocycles. The second kappa shape index (κ2) is 5.49. The van der Waals surface area contributed by atoms with Gasteiger partial charge in [0.1, 0.15) is 0 Å². The Bertz CT molecular complexity index is 450. The highest BCUT2D eigenvalue weighted by Gasteiger charge is 2.15. The van der Waals surface area contributed by atoms with Crippen molar-refractivity contribution in [3.63, 3.8) is 0 Å². The van der Waals surface area contributed by atoms with E-state index >= 15 is 0 Å². The molecule has 0 aliphatic carbocycles. The largest absolute Gasteiger partial charge is 0.391 e. The number of piperazine rings is 1. The molecule has 1 N–H and O–H groups in total. The molecule has 1 aliphatic rings. The number of hydrogen-bond acceptors (Lipinski definition) is 5. The summed E-state index contributed by atoms with van der Waals surface area (Å²) >= 11 is 0. The van der Waals surface area contributed by atoms with Crippen molar-refractivity contribution in [2.24, 2.45) is 0 Å². The predicted octanol–water partition coefficient (Wildman–Crippen LogP) is -0.624. The van der Waals surface area contributed by atoms with Crippen LogP contribution in [-0.4, -0.2) is 59.1 Å². The van der Waals surface area contributed by atoms with Gasteiger partial charge >= 0.3 is 0 Å². The Morgan fingerprint density at radius 2 is 2.06 bits per heavy atom. The van der Waals surface area contributed by atoms with E-state index < -0.39 is 6.10 Å². The van der Waals surface area contributed by atoms with Crippen molar-refractivity contribution in [3.8, 4) is 0 Å². The van der Waals surface area contributed by atoms with Crippen LogP contribution in [0.25, 0.3) is 0 Å². The first-order valence-electron chi connectivity index (χ1n) is 6.25. The van der Waals surface area contributed by atoms with E-state index in [2.05, 4.69) is 21.9 Å². The SMILES string of the molecule is C[C@H](O)Cn1ncc(N2CCN(C)CC2)cc1=O. The summed E-state index contributed by atoms with van der Waals surface area (Å²) in [6.07, 6.45) is 1.14. The van der Waals surface area contributed by atoms with Gasteiger partial charge in [0.05, 0.1) is 24.5 Å². The first-order valence-corrected chi connectivity index (χ1v) is 6.25. The molecule has 1 aromatic rings. The van der Waals surface area contributed by atoms with E-state index in [1.807, 2.05) is 0 Å². The standard InChI is InChI=1S/C12H20N4O2/c1-10(17)9-16-12(18)7-11(8-13-16)15-5-3-14(2)4-6-15/h7-8,10,17H,3-6,9H2,1-2H3/t10-/m0/s1. The fourth-order valence-electron chi connectivity index (χ4n) is 2.05. The van der Waals surface area contributed by atoms with Gasteiger partial charge in [-0.1, -0.05) is 0 Å². The average molecular weight is 252 g/mol. The Morgan fingerprint density at radius 1 is 1.39 bits per heavy atom. The van der Waals surface area contributed by atoms with Crippen LogP contribution in [0.5, 0.6) is 0 Å². The zero-order valence-electron chi connectivity index (χ0n) is 10.9. The summed E-state index contributed by atoms with van der Waals surface area (Å²) in [5.74, 6) is 0. The highest BCUT2D eigenvalue weighted by molar-refractivity contribution is 5.43. The zero-order valence-corrected chi connectivity index (χ0v) is 10.9. The van der Waals surface area contributed by atoms with Gasteiger partial charge in [0.2, 0.25) is 0 Å². The molecule has 1 saturated heterocycles. The molecule has 6 nitrogen and oxygen atoms in total. The van der Waals surface area contributed by atoms with Gasteiger partial charge in [0.15, 0.2) is 0 Å². The number of hydrogen-bond donors (Lipinski definition) is 1. The first-order chi connectivity index (χ1) is 8.56. The predicted molar refractivity (Wildman–Crippen MR) is 69.9 cm³/mol. The summed E-state index contributed by atoms with van der Waals surface area (Å²) < 4.78 is 1.30. The summed E-state index contributed by atoms with van der Waals surface area (Å²) in [7, 11) is 2.09. The van der Waals surface area contributed by atoms with Crippen LogP contribution in [0.3, 0.4) is 0 Å². The third-order valence-electron chi connectivity index (χ3n) is 3.16. The fraction of sp³-hybridized carbons (Fsp3) is 0.667. The van der Waals surface area contributed by atoms with Gasteiger partial charge in [0.25, 0.3) is 5.56 Å². The van der Waals surface area contributed by atoms with Gasteiger partial charge in [-0.25, -0.2) is 4.68 Å². The van der Waals surface area contributed by atoms with Crippen LogP contribution in [0.2, 0.25) is 0 Å². The third-order valence-corrected chi connectivity index (χ3v) is 3.16. The van der Waals surface area contributed by atoms with Crippen LogP contribution in [-0.2, 0) is 6.54 Å². The molecule has 0 radical (unpaired) electrons. The van der Waals surface area contributed by atoms with Crippen LogP contribution in [0.4, 0.5) is 5.69 Å². The Morgan fingerprint density at radius 3 is 2.61 bits per heavy atom. The van der Waals surface area contributed by atoms with Gasteiger partial charge in [-0.2, -0.15) is 5.10 Å². The van der Waals surface area contributed by atoms with Crippen LogP contribution < -0.4 is 10.5 Å². The molecule has 6 heteroatoms. The van der Waals surface area contributed by atoms with E-state index in [1.165, 1.54) is 4.68 Å². The second-order valence-corrected chi connectivity index (χ2v) is 4.87. The normalized spacial score (nSPS) is 18.9. The lowest BCUT2D eigenvalue weighted by Crippen LogP contribution is -2.45. The maximum absolute atomic E-state index is 11.8. The van der Waals surface area contributed by atoms with Crippen molar-refractivity contribution in [1.82, 2.24) is 14.7 Å². The molecule has 0 saturated carbocycles. The molecule has 18 heavy (non-hydrogen) atoms. The molecule has 1 fully saturated rings. The van der Waals surface area contributed by atoms with E-state index in [0.717, 1.165) is 31.9 Å². The van der Waals surface area contributed by atoms with Gasteiger partial charge in [-0.15, -0.1) is 0 Å². The van der Waals surface area contributed by atoms with Gasteiger partial charge in [-0.3, -0.25) is 4.79 Å². The van der Waals surface area contributed by atoms with Crippen molar-refractivity contribution in [2.45, 2.75) is 19.6 Å². The summed E-state index contributed by atoms with van der Waals surface area (Å²) in [5, 5.41) is 13.4. The number of aromatic nitrogens is 2. The molecular weight excluding hydrogens is 232 g/mol. The molecule has 0 spiro atoms. The molecule has 2 rings (SSSR count). The topological polar surface area (TPSA) is 61.6 Å². The minimum Gasteiger partial charge on any atom is -0.391 e. The Labute approximate surface area is 106 Å². The number of aliphatic hydroxyl groups excluding tert-OH is 1. The number of nitrogens with zero attached hydrogens (tertiary/aromatic N) is 4. The fourth-order valence-corrected chi connectivity index (χ4v) is 2.05. The Kier molecular flexibility index (Phi) is 3.98. The number of likely N-dealkylation sites (N-methyl/N-ethyl adjacent to an activating group) is 1. The second-order valence-electron chi connectivity index (χ2n) is 4.87. The Hall–Kier alpha value is -1.40. The molecule has 0 bridgehead atoms. The maximum Gasteiger partial charge on any atom is 0.268 e. The number of rotatable bonds is 3. The van der Waals surface area contributed by atoms with Crippen molar-refractivity contribution in [2.75, 3.05) is 38.1 Å². The molecular formula is C12H20N4O2. The summed E-state index contributed by atoms with van der Waals surface area (Å²) in [6, 6.07) is 1.60. The lowest BCUT2D eigenvalue weighted by molar-refractivity contribution is 0.166.